The van der Waals surface area contributed by atoms with Crippen molar-refractivity contribution < 1.29 is 5.11 Å². The molecule has 8 rings (SSSR count). The summed E-state index contributed by atoms with van der Waals surface area (Å²) < 4.78 is 0. The minimum Gasteiger partial charge on any atom is -0.392 e. The van der Waals surface area contributed by atoms with E-state index in [0.29, 0.717) is 6.54 Å². The van der Waals surface area contributed by atoms with Crippen molar-refractivity contribution in [2.45, 2.75) is 52.3 Å². The number of aromatic nitrogens is 4. The van der Waals surface area contributed by atoms with E-state index in [9.17, 15) is 5.11 Å². The van der Waals surface area contributed by atoms with Crippen LogP contribution in [0.4, 0.5) is 23.0 Å². The van der Waals surface area contributed by atoms with E-state index in [1.165, 1.54) is 31.5 Å². The van der Waals surface area contributed by atoms with Crippen LogP contribution in [-0.4, -0.2) is 67.1 Å². The summed E-state index contributed by atoms with van der Waals surface area (Å²) in [5, 5.41) is 19.3. The molecule has 9 heteroatoms. The molecule has 2 saturated heterocycles. The predicted molar refractivity (Wildman–Crippen MR) is 197 cm³/mol. The Kier molecular flexibility index (Phi) is 8.63. The zero-order valence-electron chi connectivity index (χ0n) is 28.2. The molecule has 1 atom stereocenters. The lowest BCUT2D eigenvalue weighted by Gasteiger charge is -2.18. The van der Waals surface area contributed by atoms with E-state index < -0.39 is 0 Å². The van der Waals surface area contributed by atoms with Gasteiger partial charge in [-0.2, -0.15) is 0 Å². The van der Waals surface area contributed by atoms with Crippen molar-refractivity contribution in [3.8, 4) is 11.1 Å². The SMILES string of the molecule is Cc1c(Nc2nccc3cc(CN4CCCC4)cnc23)cccc1-c1cccc(Nc2nccc3cc(CN4CC[C@@H](O)C4)cnc23)c1C. The number of fused-ring (bicyclic) bond motifs is 2. The molecule has 49 heavy (non-hydrogen) atoms. The Morgan fingerprint density at radius 3 is 1.71 bits per heavy atom. The fourth-order valence-corrected chi connectivity index (χ4v) is 7.36. The van der Waals surface area contributed by atoms with Crippen LogP contribution in [0.25, 0.3) is 32.9 Å². The Labute approximate surface area is 287 Å². The van der Waals surface area contributed by atoms with Gasteiger partial charge < -0.3 is 15.7 Å². The van der Waals surface area contributed by atoms with Crippen molar-refractivity contribution >= 4 is 44.8 Å². The lowest BCUT2D eigenvalue weighted by Crippen LogP contribution is -2.21. The molecule has 6 heterocycles. The van der Waals surface area contributed by atoms with E-state index in [1.807, 2.05) is 36.9 Å². The van der Waals surface area contributed by atoms with Crippen molar-refractivity contribution in [3.05, 3.63) is 108 Å². The summed E-state index contributed by atoms with van der Waals surface area (Å²) in [4.78, 5) is 23.8. The van der Waals surface area contributed by atoms with Crippen molar-refractivity contribution in [1.29, 1.82) is 0 Å². The minimum absolute atomic E-state index is 0.230. The Balaban J connectivity index is 1.04. The first-order valence-corrected chi connectivity index (χ1v) is 17.3. The van der Waals surface area contributed by atoms with Crippen LogP contribution in [0.15, 0.2) is 85.5 Å². The molecule has 2 aromatic carbocycles. The summed E-state index contributed by atoms with van der Waals surface area (Å²) in [5.41, 5.74) is 10.6. The minimum atomic E-state index is -0.230. The molecule has 2 fully saturated rings. The number of likely N-dealkylation sites (tertiary alicyclic amines) is 2. The summed E-state index contributed by atoms with van der Waals surface area (Å²) in [7, 11) is 0. The van der Waals surface area contributed by atoms with E-state index in [4.69, 9.17) is 15.0 Å². The molecule has 2 aliphatic heterocycles. The second-order valence-corrected chi connectivity index (χ2v) is 13.5. The molecule has 0 bridgehead atoms. The van der Waals surface area contributed by atoms with Gasteiger partial charge in [0.15, 0.2) is 11.6 Å². The van der Waals surface area contributed by atoms with Gasteiger partial charge in [0.25, 0.3) is 0 Å². The summed E-state index contributed by atoms with van der Waals surface area (Å²) >= 11 is 0. The topological polar surface area (TPSA) is 102 Å². The van der Waals surface area contributed by atoms with Crippen molar-refractivity contribution in [2.75, 3.05) is 36.8 Å². The fraction of sp³-hybridized carbons (Fsp3) is 0.300. The first-order chi connectivity index (χ1) is 24.0. The highest BCUT2D eigenvalue weighted by Crippen LogP contribution is 2.36. The number of hydrogen-bond acceptors (Lipinski definition) is 9. The molecule has 9 nitrogen and oxygen atoms in total. The van der Waals surface area contributed by atoms with Gasteiger partial charge in [0.1, 0.15) is 11.0 Å². The quantitative estimate of drug-likeness (QED) is 0.147. The number of hydrogen-bond donors (Lipinski definition) is 3. The molecule has 0 unspecified atom stereocenters. The van der Waals surface area contributed by atoms with Crippen LogP contribution in [0.3, 0.4) is 0 Å². The number of rotatable bonds is 9. The standard InChI is InChI=1S/C40H42N8O/c1-26-33(7-5-9-35(26)45-39-37-30(11-14-41-39)19-28(21-43-37)23-47-16-3-4-17-47)34-8-6-10-36(27(34)2)46-40-38-31(12-15-42-40)20-29(22-44-38)24-48-18-13-32(49)25-48/h5-12,14-15,19-22,32,49H,3-4,13,16-18,23-25H2,1-2H3,(H,41,45)(H,42,46)/t32-/m1/s1. The highest BCUT2D eigenvalue weighted by Gasteiger charge is 2.21. The molecule has 6 aromatic rings. The molecule has 0 radical (unpaired) electrons. The van der Waals surface area contributed by atoms with Crippen LogP contribution >= 0.6 is 0 Å². The fourth-order valence-electron chi connectivity index (χ4n) is 7.36. The van der Waals surface area contributed by atoms with Gasteiger partial charge in [0.05, 0.1) is 6.10 Å². The number of anilines is 4. The smallest absolute Gasteiger partial charge is 0.156 e. The van der Waals surface area contributed by atoms with Gasteiger partial charge in [-0.05, 0) is 116 Å². The first-order valence-electron chi connectivity index (χ1n) is 17.3. The van der Waals surface area contributed by atoms with Gasteiger partial charge in [-0.15, -0.1) is 0 Å². The average Bonchev–Trinajstić information content (AvgIpc) is 3.78. The third kappa shape index (κ3) is 6.57. The largest absolute Gasteiger partial charge is 0.392 e. The number of aliphatic hydroxyl groups excluding tert-OH is 1. The summed E-state index contributed by atoms with van der Waals surface area (Å²) in [5.74, 6) is 1.49. The lowest BCUT2D eigenvalue weighted by atomic mass is 9.94. The Morgan fingerprint density at radius 2 is 1.20 bits per heavy atom. The number of benzene rings is 2. The van der Waals surface area contributed by atoms with Gasteiger partial charge in [0, 0.05) is 73.1 Å². The van der Waals surface area contributed by atoms with Gasteiger partial charge >= 0.3 is 0 Å². The monoisotopic (exact) mass is 650 g/mol. The highest BCUT2D eigenvalue weighted by atomic mass is 16.3. The number of aliphatic hydroxyl groups is 1. The highest BCUT2D eigenvalue weighted by molar-refractivity contribution is 5.92. The molecule has 248 valence electrons. The van der Waals surface area contributed by atoms with Crippen molar-refractivity contribution in [3.63, 3.8) is 0 Å². The maximum Gasteiger partial charge on any atom is 0.156 e. The van der Waals surface area contributed by atoms with Crippen molar-refractivity contribution in [1.82, 2.24) is 29.7 Å². The van der Waals surface area contributed by atoms with Crippen LogP contribution in [0.1, 0.15) is 41.5 Å². The second kappa shape index (κ2) is 13.5. The van der Waals surface area contributed by atoms with Crippen molar-refractivity contribution in [2.24, 2.45) is 0 Å². The number of pyridine rings is 4. The van der Waals surface area contributed by atoms with E-state index in [1.54, 1.807) is 0 Å². The Bertz CT molecular complexity index is 2140. The van der Waals surface area contributed by atoms with Crippen LogP contribution < -0.4 is 10.6 Å². The van der Waals surface area contributed by atoms with E-state index in [-0.39, 0.29) is 6.10 Å². The molecule has 3 N–H and O–H groups in total. The van der Waals surface area contributed by atoms with Crippen LogP contribution in [-0.2, 0) is 13.1 Å². The maximum absolute atomic E-state index is 9.92. The molecule has 0 aliphatic carbocycles. The third-order valence-electron chi connectivity index (χ3n) is 10.0. The normalized spacial score (nSPS) is 16.9. The van der Waals surface area contributed by atoms with Gasteiger partial charge in [-0.25, -0.2) is 9.97 Å². The van der Waals surface area contributed by atoms with Gasteiger partial charge in [-0.3, -0.25) is 19.8 Å². The average molecular weight is 651 g/mol. The Hall–Kier alpha value is -4.96. The molecule has 0 spiro atoms. The zero-order chi connectivity index (χ0) is 33.3. The van der Waals surface area contributed by atoms with E-state index in [2.05, 4.69) is 87.8 Å². The zero-order valence-corrected chi connectivity index (χ0v) is 28.2. The molecule has 0 amide bonds. The number of nitrogens with zero attached hydrogens (tertiary/aromatic N) is 6. The molecular formula is C40H42N8O. The van der Waals surface area contributed by atoms with Crippen LogP contribution in [0, 0.1) is 13.8 Å². The molecule has 0 saturated carbocycles. The lowest BCUT2D eigenvalue weighted by molar-refractivity contribution is 0.175. The number of nitrogens with one attached hydrogen (secondary N) is 2. The summed E-state index contributed by atoms with van der Waals surface area (Å²) in [6.07, 6.45) is 10.8. The third-order valence-corrected chi connectivity index (χ3v) is 10.0. The maximum atomic E-state index is 9.92. The van der Waals surface area contributed by atoms with Gasteiger partial charge in [-0.1, -0.05) is 24.3 Å². The molecule has 2 aliphatic rings. The molecular weight excluding hydrogens is 608 g/mol. The van der Waals surface area contributed by atoms with Gasteiger partial charge in [0.2, 0.25) is 0 Å². The predicted octanol–water partition coefficient (Wildman–Crippen LogP) is 7.51. The summed E-state index contributed by atoms with van der Waals surface area (Å²) in [6, 6.07) is 21.2. The first kappa shape index (κ1) is 31.3. The number of β-amino-alcohol motifs (C(OH)–C–C–N with tert-alkyl or cyclic N) is 1. The Morgan fingerprint density at radius 1 is 0.673 bits per heavy atom. The molecule has 4 aromatic heterocycles. The van der Waals surface area contributed by atoms with Crippen LogP contribution in [0.5, 0.6) is 0 Å². The second-order valence-electron chi connectivity index (χ2n) is 13.5. The van der Waals surface area contributed by atoms with E-state index in [0.717, 1.165) is 98.7 Å². The summed E-state index contributed by atoms with van der Waals surface area (Å²) in [6.45, 7) is 9.99. The van der Waals surface area contributed by atoms with Crippen LogP contribution in [0.2, 0.25) is 0 Å². The van der Waals surface area contributed by atoms with E-state index >= 15 is 0 Å².